The van der Waals surface area contributed by atoms with Gasteiger partial charge in [0.05, 0.1) is 0 Å². The second-order valence-corrected chi connectivity index (χ2v) is 3.80. The first kappa shape index (κ1) is 11.7. The van der Waals surface area contributed by atoms with Gasteiger partial charge < -0.3 is 0 Å². The molecule has 0 N–H and O–H groups in total. The van der Waals surface area contributed by atoms with E-state index in [1.54, 1.807) is 12.1 Å². The predicted octanol–water partition coefficient (Wildman–Crippen LogP) is 4.33. The normalized spacial score (nSPS) is 10.6. The van der Waals surface area contributed by atoms with Crippen molar-refractivity contribution in [1.82, 2.24) is 0 Å². The van der Waals surface area contributed by atoms with Crippen LogP contribution in [0.2, 0.25) is 0 Å². The van der Waals surface area contributed by atoms with Gasteiger partial charge in [-0.2, -0.15) is 0 Å². The Morgan fingerprint density at radius 2 is 1.35 bits per heavy atom. The zero-order chi connectivity index (χ0) is 12.4. The first-order valence-corrected chi connectivity index (χ1v) is 5.35. The van der Waals surface area contributed by atoms with E-state index < -0.39 is 17.5 Å². The van der Waals surface area contributed by atoms with Gasteiger partial charge in [-0.1, -0.05) is 31.2 Å². The molecular weight excluding hydrogens is 225 g/mol. The minimum atomic E-state index is -1.43. The van der Waals surface area contributed by atoms with Gasteiger partial charge in [0, 0.05) is 0 Å². The number of halogens is 3. The van der Waals surface area contributed by atoms with Crippen LogP contribution in [-0.4, -0.2) is 0 Å². The molecule has 0 aliphatic heterocycles. The Kier molecular flexibility index (Phi) is 3.18. The molecule has 0 heterocycles. The molecule has 0 aromatic heterocycles. The highest BCUT2D eigenvalue weighted by Crippen LogP contribution is 2.24. The van der Waals surface area contributed by atoms with Crippen LogP contribution in [-0.2, 0) is 6.42 Å². The third-order valence-electron chi connectivity index (χ3n) is 2.68. The van der Waals surface area contributed by atoms with Crippen LogP contribution in [0.3, 0.4) is 0 Å². The van der Waals surface area contributed by atoms with Gasteiger partial charge in [-0.3, -0.25) is 0 Å². The van der Waals surface area contributed by atoms with Gasteiger partial charge in [-0.25, -0.2) is 13.2 Å². The van der Waals surface area contributed by atoms with Crippen molar-refractivity contribution in [3.05, 3.63) is 59.4 Å². The van der Waals surface area contributed by atoms with E-state index in [9.17, 15) is 13.2 Å². The Hall–Kier alpha value is -1.77. The van der Waals surface area contributed by atoms with E-state index in [1.165, 1.54) is 0 Å². The van der Waals surface area contributed by atoms with Gasteiger partial charge >= 0.3 is 0 Å². The summed E-state index contributed by atoms with van der Waals surface area (Å²) in [5.41, 5.74) is 2.14. The Labute approximate surface area is 97.7 Å². The van der Waals surface area contributed by atoms with Crippen LogP contribution in [0.25, 0.3) is 11.1 Å². The summed E-state index contributed by atoms with van der Waals surface area (Å²) in [5, 5.41) is 0. The number of rotatable bonds is 2. The largest absolute Gasteiger partial charge is 0.204 e. The lowest BCUT2D eigenvalue weighted by molar-refractivity contribution is 0.448. The van der Waals surface area contributed by atoms with Crippen molar-refractivity contribution in [2.45, 2.75) is 13.3 Å². The Morgan fingerprint density at radius 1 is 0.824 bits per heavy atom. The van der Waals surface area contributed by atoms with Gasteiger partial charge in [0.2, 0.25) is 0 Å². The minimum absolute atomic E-state index is 0.337. The number of hydrogen-bond donors (Lipinski definition) is 0. The average Bonchev–Trinajstić information content (AvgIpc) is 2.35. The van der Waals surface area contributed by atoms with Crippen molar-refractivity contribution in [2.75, 3.05) is 0 Å². The predicted molar refractivity (Wildman–Crippen MR) is 61.1 cm³/mol. The van der Waals surface area contributed by atoms with Gasteiger partial charge in [0.25, 0.3) is 0 Å². The molecule has 0 radical (unpaired) electrons. The summed E-state index contributed by atoms with van der Waals surface area (Å²) >= 11 is 0. The van der Waals surface area contributed by atoms with E-state index in [1.807, 2.05) is 19.1 Å². The highest BCUT2D eigenvalue weighted by Gasteiger charge is 2.11. The molecule has 0 spiro atoms. The molecular formula is C14H11F3. The molecule has 0 atom stereocenters. The lowest BCUT2D eigenvalue weighted by Crippen LogP contribution is -1.92. The molecule has 2 aromatic rings. The first-order valence-electron chi connectivity index (χ1n) is 5.35. The van der Waals surface area contributed by atoms with Crippen LogP contribution in [0.4, 0.5) is 13.2 Å². The van der Waals surface area contributed by atoms with Gasteiger partial charge in [-0.05, 0) is 35.2 Å². The van der Waals surface area contributed by atoms with Crippen LogP contribution in [0.15, 0.2) is 36.4 Å². The number of benzene rings is 2. The molecule has 0 aliphatic rings. The maximum Gasteiger partial charge on any atom is 0.194 e. The first-order chi connectivity index (χ1) is 8.11. The van der Waals surface area contributed by atoms with Gasteiger partial charge in [0.15, 0.2) is 17.5 Å². The van der Waals surface area contributed by atoms with E-state index in [-0.39, 0.29) is 0 Å². The number of aryl methyl sites for hydroxylation is 1. The average molecular weight is 236 g/mol. The molecule has 17 heavy (non-hydrogen) atoms. The summed E-state index contributed by atoms with van der Waals surface area (Å²) in [6.45, 7) is 2.02. The van der Waals surface area contributed by atoms with Crippen molar-refractivity contribution < 1.29 is 13.2 Å². The van der Waals surface area contributed by atoms with Crippen molar-refractivity contribution in [1.29, 1.82) is 0 Å². The highest BCUT2D eigenvalue weighted by atomic mass is 19.2. The molecule has 0 unspecified atom stereocenters. The molecule has 0 aliphatic carbocycles. The molecule has 0 fully saturated rings. The van der Waals surface area contributed by atoms with Crippen LogP contribution < -0.4 is 0 Å². The molecule has 88 valence electrons. The molecule has 0 bridgehead atoms. The molecule has 2 rings (SSSR count). The molecule has 0 amide bonds. The standard InChI is InChI=1S/C14H11F3/c1-2-9-3-5-10(6-4-9)11-7-12(15)14(17)13(16)8-11/h3-8H,2H2,1H3. The maximum absolute atomic E-state index is 13.1. The molecule has 0 saturated carbocycles. The molecule has 3 heteroatoms. The zero-order valence-electron chi connectivity index (χ0n) is 9.31. The Morgan fingerprint density at radius 3 is 1.82 bits per heavy atom. The van der Waals surface area contributed by atoms with Gasteiger partial charge in [-0.15, -0.1) is 0 Å². The quantitative estimate of drug-likeness (QED) is 0.681. The third-order valence-corrected chi connectivity index (χ3v) is 2.68. The summed E-state index contributed by atoms with van der Waals surface area (Å²) in [6, 6.07) is 9.30. The molecule has 0 nitrogen and oxygen atoms in total. The fraction of sp³-hybridized carbons (Fsp3) is 0.143. The summed E-state index contributed by atoms with van der Waals surface area (Å²) in [7, 11) is 0. The third kappa shape index (κ3) is 2.33. The maximum atomic E-state index is 13.1. The van der Waals surface area contributed by atoms with Crippen molar-refractivity contribution in [3.63, 3.8) is 0 Å². The zero-order valence-corrected chi connectivity index (χ0v) is 9.31. The van der Waals surface area contributed by atoms with Crippen LogP contribution in [0.5, 0.6) is 0 Å². The Balaban J connectivity index is 2.45. The van der Waals surface area contributed by atoms with E-state index in [2.05, 4.69) is 0 Å². The monoisotopic (exact) mass is 236 g/mol. The molecule has 2 aromatic carbocycles. The summed E-state index contributed by atoms with van der Waals surface area (Å²) < 4.78 is 38.9. The van der Waals surface area contributed by atoms with Crippen LogP contribution >= 0.6 is 0 Å². The van der Waals surface area contributed by atoms with E-state index in [0.717, 1.165) is 24.1 Å². The van der Waals surface area contributed by atoms with E-state index in [4.69, 9.17) is 0 Å². The molecule has 0 saturated heterocycles. The SMILES string of the molecule is CCc1ccc(-c2cc(F)c(F)c(F)c2)cc1. The summed E-state index contributed by atoms with van der Waals surface area (Å²) in [5.74, 6) is -3.77. The lowest BCUT2D eigenvalue weighted by Gasteiger charge is -2.04. The van der Waals surface area contributed by atoms with Crippen molar-refractivity contribution in [2.24, 2.45) is 0 Å². The van der Waals surface area contributed by atoms with Crippen molar-refractivity contribution in [3.8, 4) is 11.1 Å². The summed E-state index contributed by atoms with van der Waals surface area (Å²) in [6.07, 6.45) is 0.895. The highest BCUT2D eigenvalue weighted by molar-refractivity contribution is 5.63. The Bertz CT molecular complexity index is 507. The lowest BCUT2D eigenvalue weighted by atomic mass is 10.0. The fourth-order valence-electron chi connectivity index (χ4n) is 1.66. The smallest absolute Gasteiger partial charge is 0.194 e. The van der Waals surface area contributed by atoms with E-state index in [0.29, 0.717) is 11.1 Å². The second-order valence-electron chi connectivity index (χ2n) is 3.80. The second kappa shape index (κ2) is 4.62. The number of hydrogen-bond acceptors (Lipinski definition) is 0. The topological polar surface area (TPSA) is 0 Å². The minimum Gasteiger partial charge on any atom is -0.204 e. The van der Waals surface area contributed by atoms with Crippen LogP contribution in [0, 0.1) is 17.5 Å². The van der Waals surface area contributed by atoms with E-state index >= 15 is 0 Å². The summed E-state index contributed by atoms with van der Waals surface area (Å²) in [4.78, 5) is 0. The van der Waals surface area contributed by atoms with Crippen LogP contribution in [0.1, 0.15) is 12.5 Å². The fourth-order valence-corrected chi connectivity index (χ4v) is 1.66. The van der Waals surface area contributed by atoms with Gasteiger partial charge in [0.1, 0.15) is 0 Å². The van der Waals surface area contributed by atoms with Crippen molar-refractivity contribution >= 4 is 0 Å².